The minimum absolute atomic E-state index is 0.0407. The van der Waals surface area contributed by atoms with Gasteiger partial charge in [0.25, 0.3) is 0 Å². The van der Waals surface area contributed by atoms with Crippen molar-refractivity contribution in [2.24, 2.45) is 0 Å². The monoisotopic (exact) mass is 503 g/mol. The van der Waals surface area contributed by atoms with Crippen LogP contribution >= 0.6 is 0 Å². The number of ether oxygens (including phenoxy) is 4. The number of hydrogen-bond donors (Lipinski definition) is 1. The number of carbonyl (C=O) groups excluding carboxylic acids is 1. The van der Waals surface area contributed by atoms with E-state index in [0.717, 1.165) is 18.4 Å². The van der Waals surface area contributed by atoms with Gasteiger partial charge in [-0.25, -0.2) is 13.5 Å². The van der Waals surface area contributed by atoms with Gasteiger partial charge in [0, 0.05) is 13.8 Å². The summed E-state index contributed by atoms with van der Waals surface area (Å²) in [5.74, 6) is -1.83. The number of rotatable bonds is 9. The van der Waals surface area contributed by atoms with Crippen molar-refractivity contribution in [2.75, 3.05) is 5.75 Å². The van der Waals surface area contributed by atoms with Gasteiger partial charge in [0.2, 0.25) is 12.2 Å². The van der Waals surface area contributed by atoms with Crippen molar-refractivity contribution in [1.29, 1.82) is 0 Å². The van der Waals surface area contributed by atoms with E-state index in [-0.39, 0.29) is 33.6 Å². The topological polar surface area (TPSA) is 112 Å². The summed E-state index contributed by atoms with van der Waals surface area (Å²) in [6.45, 7) is 3.14. The van der Waals surface area contributed by atoms with Crippen molar-refractivity contribution >= 4 is 16.2 Å². The molecule has 2 aromatic rings. The van der Waals surface area contributed by atoms with Crippen LogP contribution < -0.4 is 9.47 Å². The maximum absolute atomic E-state index is 12.9. The van der Waals surface area contributed by atoms with Gasteiger partial charge in [-0.1, -0.05) is 0 Å². The first-order chi connectivity index (χ1) is 15.8. The summed E-state index contributed by atoms with van der Waals surface area (Å²) >= 11 is 0. The van der Waals surface area contributed by atoms with Crippen LogP contribution in [0.4, 0.5) is 13.2 Å². The van der Waals surface area contributed by atoms with Gasteiger partial charge < -0.3 is 18.9 Å². The largest absolute Gasteiger partial charge is 0.573 e. The molecule has 1 aliphatic rings. The molecule has 0 spiro atoms. The fourth-order valence-electron chi connectivity index (χ4n) is 2.91. The Morgan fingerprint density at radius 2 is 1.59 bits per heavy atom. The summed E-state index contributed by atoms with van der Waals surface area (Å²) in [7, 11) is -4.02. The Morgan fingerprint density at radius 1 is 1.06 bits per heavy atom. The molecule has 1 heterocycles. The van der Waals surface area contributed by atoms with Crippen molar-refractivity contribution in [3.8, 4) is 17.2 Å². The van der Waals surface area contributed by atoms with E-state index in [0.29, 0.717) is 0 Å². The van der Waals surface area contributed by atoms with E-state index in [4.69, 9.17) is 14.2 Å². The third-order valence-corrected chi connectivity index (χ3v) is 6.18. The van der Waals surface area contributed by atoms with E-state index in [1.165, 1.54) is 36.4 Å². The zero-order valence-corrected chi connectivity index (χ0v) is 18.7. The molecule has 0 saturated carbocycles. The first-order valence-corrected chi connectivity index (χ1v) is 11.3. The van der Waals surface area contributed by atoms with Gasteiger partial charge in [0.05, 0.1) is 10.6 Å². The highest BCUT2D eigenvalue weighted by atomic mass is 32.2. The lowest BCUT2D eigenvalue weighted by Crippen LogP contribution is -2.39. The maximum atomic E-state index is 12.9. The van der Waals surface area contributed by atoms with Crippen molar-refractivity contribution in [3.05, 3.63) is 60.6 Å². The summed E-state index contributed by atoms with van der Waals surface area (Å²) in [5, 5.41) is 10.1. The highest BCUT2D eigenvalue weighted by molar-refractivity contribution is 7.91. The van der Waals surface area contributed by atoms with E-state index in [9.17, 15) is 31.6 Å². The molecule has 184 valence electrons. The van der Waals surface area contributed by atoms with Crippen LogP contribution in [0.25, 0.3) is 0 Å². The molecule has 1 amide bonds. The Balaban J connectivity index is 1.70. The second kappa shape index (κ2) is 9.43. The van der Waals surface area contributed by atoms with E-state index >= 15 is 0 Å². The quantitative estimate of drug-likeness (QED) is 0.311. The Bertz CT molecular complexity index is 1150. The molecule has 0 saturated heterocycles. The van der Waals surface area contributed by atoms with Crippen LogP contribution in [0.15, 0.2) is 65.4 Å². The van der Waals surface area contributed by atoms with E-state index < -0.39 is 39.5 Å². The minimum atomic E-state index is -4.81. The van der Waals surface area contributed by atoms with E-state index in [1.54, 1.807) is 13.8 Å². The molecule has 0 aliphatic carbocycles. The Kier molecular flexibility index (Phi) is 6.98. The molecule has 13 heteroatoms. The fraction of sp³-hybridized carbons (Fsp3) is 0.286. The number of amides is 1. The van der Waals surface area contributed by atoms with E-state index in [1.807, 2.05) is 0 Å². The molecule has 1 N–H and O–H groups in total. The van der Waals surface area contributed by atoms with Crippen LogP contribution in [0, 0.1) is 0 Å². The average Bonchev–Trinajstić information content (AvgIpc) is 3.11. The van der Waals surface area contributed by atoms with Crippen LogP contribution in [0.1, 0.15) is 13.8 Å². The molecular formula is C21H20F3NO8S. The van der Waals surface area contributed by atoms with Gasteiger partial charge in [-0.3, -0.25) is 10.0 Å². The highest BCUT2D eigenvalue weighted by Gasteiger charge is 2.37. The molecule has 0 radical (unpaired) electrons. The Morgan fingerprint density at radius 3 is 2.06 bits per heavy atom. The van der Waals surface area contributed by atoms with Crippen molar-refractivity contribution < 1.29 is 50.5 Å². The number of halogens is 3. The first kappa shape index (κ1) is 25.2. The first-order valence-electron chi connectivity index (χ1n) is 9.64. The molecule has 2 aromatic carbocycles. The second-order valence-corrected chi connectivity index (χ2v) is 9.55. The third kappa shape index (κ3) is 6.54. The molecular weight excluding hydrogens is 483 g/mol. The van der Waals surface area contributed by atoms with Crippen LogP contribution in [0.5, 0.6) is 17.2 Å². The van der Waals surface area contributed by atoms with Gasteiger partial charge in [-0.05, 0) is 48.5 Å². The molecule has 0 bridgehead atoms. The summed E-state index contributed by atoms with van der Waals surface area (Å²) in [5.41, 5.74) is 0. The van der Waals surface area contributed by atoms with Crippen molar-refractivity contribution in [2.45, 2.75) is 36.9 Å². The number of hydrogen-bond acceptors (Lipinski definition) is 8. The molecule has 0 fully saturated rings. The minimum Gasteiger partial charge on any atom is -0.457 e. The third-order valence-electron chi connectivity index (χ3n) is 4.43. The van der Waals surface area contributed by atoms with Crippen molar-refractivity contribution in [3.63, 3.8) is 0 Å². The zero-order valence-electron chi connectivity index (χ0n) is 17.9. The number of sulfone groups is 1. The van der Waals surface area contributed by atoms with Gasteiger partial charge in [-0.2, -0.15) is 0 Å². The van der Waals surface area contributed by atoms with Gasteiger partial charge in [0.15, 0.2) is 15.6 Å². The second-order valence-electron chi connectivity index (χ2n) is 7.52. The molecule has 0 aromatic heterocycles. The fourth-order valence-corrected chi connectivity index (χ4v) is 4.38. The lowest BCUT2D eigenvalue weighted by Gasteiger charge is -2.25. The molecule has 3 rings (SSSR count). The molecule has 1 aliphatic heterocycles. The lowest BCUT2D eigenvalue weighted by atomic mass is 10.3. The predicted molar refractivity (Wildman–Crippen MR) is 110 cm³/mol. The van der Waals surface area contributed by atoms with Crippen LogP contribution in [-0.4, -0.2) is 49.0 Å². The number of carbonyl (C=O) groups is 1. The van der Waals surface area contributed by atoms with Gasteiger partial charge in [-0.15, -0.1) is 13.2 Å². The average molecular weight is 503 g/mol. The van der Waals surface area contributed by atoms with Crippen LogP contribution in [-0.2, 0) is 24.1 Å². The Labute approximate surface area is 192 Å². The lowest BCUT2D eigenvalue weighted by molar-refractivity contribution is -0.274. The smallest absolute Gasteiger partial charge is 0.457 e. The molecule has 0 unspecified atom stereocenters. The van der Waals surface area contributed by atoms with E-state index in [2.05, 4.69) is 4.74 Å². The maximum Gasteiger partial charge on any atom is 0.573 e. The van der Waals surface area contributed by atoms with Crippen molar-refractivity contribution in [1.82, 2.24) is 5.06 Å². The number of hydroxylamine groups is 2. The number of nitrogens with zero attached hydrogens (tertiary/aromatic N) is 1. The van der Waals surface area contributed by atoms with Gasteiger partial charge in [0.1, 0.15) is 29.6 Å². The standard InChI is InChI=1S/C21H20F3NO8S/c1-20(2)30-11-19(33-20)18(25(27)13-26)12-34(28,29)17-9-7-15(8-10-17)31-14-3-5-16(6-4-14)32-21(22,23)24/h3-11,13,18,27H,12H2,1-2H3/t18-/m0/s1. The number of alkyl halides is 3. The zero-order chi connectivity index (χ0) is 25.1. The van der Waals surface area contributed by atoms with Gasteiger partial charge >= 0.3 is 6.36 Å². The molecule has 9 nitrogen and oxygen atoms in total. The molecule has 1 atom stereocenters. The molecule has 34 heavy (non-hydrogen) atoms. The number of benzene rings is 2. The Hall–Kier alpha value is -3.45. The predicted octanol–water partition coefficient (Wildman–Crippen LogP) is 3.99. The summed E-state index contributed by atoms with van der Waals surface area (Å²) < 4.78 is 82.4. The SMILES string of the molecule is CC1(C)OC=C([C@H](CS(=O)(=O)c2ccc(Oc3ccc(OC(F)(F)F)cc3)cc2)N(O)C=O)O1. The van der Waals surface area contributed by atoms with Crippen LogP contribution in [0.2, 0.25) is 0 Å². The van der Waals surface area contributed by atoms with Crippen LogP contribution in [0.3, 0.4) is 0 Å². The highest BCUT2D eigenvalue weighted by Crippen LogP contribution is 2.31. The summed E-state index contributed by atoms with van der Waals surface area (Å²) in [6.07, 6.45) is -3.63. The normalized spacial score (nSPS) is 16.0. The summed E-state index contributed by atoms with van der Waals surface area (Å²) in [4.78, 5) is 10.9. The summed E-state index contributed by atoms with van der Waals surface area (Å²) in [6, 6.07) is 8.48.